The summed E-state index contributed by atoms with van der Waals surface area (Å²) in [6.45, 7) is 2.56. The van der Waals surface area contributed by atoms with Gasteiger partial charge in [-0.3, -0.25) is 0 Å². The predicted molar refractivity (Wildman–Crippen MR) is 63.9 cm³/mol. The summed E-state index contributed by atoms with van der Waals surface area (Å²) in [6, 6.07) is 7.66. The van der Waals surface area contributed by atoms with Crippen molar-refractivity contribution in [1.82, 2.24) is 15.2 Å². The fourth-order valence-corrected chi connectivity index (χ4v) is 1.32. The van der Waals surface area contributed by atoms with Crippen molar-refractivity contribution in [2.75, 3.05) is 11.9 Å². The van der Waals surface area contributed by atoms with Crippen LogP contribution < -0.4 is 5.32 Å². The second-order valence-corrected chi connectivity index (χ2v) is 3.23. The molecule has 0 aliphatic heterocycles. The van der Waals surface area contributed by atoms with E-state index < -0.39 is 0 Å². The summed E-state index contributed by atoms with van der Waals surface area (Å²) in [5.74, 6) is 6.36. The van der Waals surface area contributed by atoms with Gasteiger partial charge in [-0.05, 0) is 19.1 Å². The summed E-state index contributed by atoms with van der Waals surface area (Å²) in [5.41, 5.74) is 1.66. The monoisotopic (exact) mass is 212 g/mol. The molecule has 1 aromatic carbocycles. The zero-order valence-electron chi connectivity index (χ0n) is 9.07. The van der Waals surface area contributed by atoms with Crippen molar-refractivity contribution in [1.29, 1.82) is 0 Å². The van der Waals surface area contributed by atoms with Gasteiger partial charge in [-0.25, -0.2) is 4.98 Å². The Labute approximate surface area is 94.1 Å². The number of aromatic nitrogens is 3. The van der Waals surface area contributed by atoms with Gasteiger partial charge < -0.3 is 5.32 Å². The number of anilines is 1. The third kappa shape index (κ3) is 2.45. The van der Waals surface area contributed by atoms with Crippen molar-refractivity contribution in [2.45, 2.75) is 13.3 Å². The average molecular weight is 212 g/mol. The van der Waals surface area contributed by atoms with E-state index in [1.54, 1.807) is 0 Å². The molecule has 0 saturated carbocycles. The second kappa shape index (κ2) is 5.08. The Bertz CT molecular complexity index is 539. The van der Waals surface area contributed by atoms with Crippen molar-refractivity contribution >= 4 is 17.0 Å². The van der Waals surface area contributed by atoms with Crippen molar-refractivity contribution in [2.24, 2.45) is 0 Å². The summed E-state index contributed by atoms with van der Waals surface area (Å²) in [4.78, 5) is 4.34. The van der Waals surface area contributed by atoms with Gasteiger partial charge in [0.1, 0.15) is 5.52 Å². The molecule has 4 nitrogen and oxygen atoms in total. The van der Waals surface area contributed by atoms with Gasteiger partial charge in [0.2, 0.25) is 5.95 Å². The first-order valence-corrected chi connectivity index (χ1v) is 5.13. The number of nitrogens with one attached hydrogen (secondary N) is 1. The third-order valence-corrected chi connectivity index (χ3v) is 2.07. The number of hydrogen-bond donors (Lipinski definition) is 1. The normalized spacial score (nSPS) is 9.56. The van der Waals surface area contributed by atoms with Crippen LogP contribution >= 0.6 is 0 Å². The van der Waals surface area contributed by atoms with Gasteiger partial charge in [-0.15, -0.1) is 22.0 Å². The second-order valence-electron chi connectivity index (χ2n) is 3.23. The Morgan fingerprint density at radius 1 is 1.19 bits per heavy atom. The highest BCUT2D eigenvalue weighted by molar-refractivity contribution is 5.73. The number of rotatable bonds is 3. The number of nitrogens with zero attached hydrogens (tertiary/aromatic N) is 3. The molecule has 0 saturated heterocycles. The quantitative estimate of drug-likeness (QED) is 0.623. The van der Waals surface area contributed by atoms with Crippen LogP contribution in [0, 0.1) is 11.8 Å². The fourth-order valence-electron chi connectivity index (χ4n) is 1.32. The number of fused-ring (bicyclic) bond motifs is 1. The van der Waals surface area contributed by atoms with Crippen LogP contribution in [0.1, 0.15) is 13.3 Å². The van der Waals surface area contributed by atoms with Crippen molar-refractivity contribution < 1.29 is 0 Å². The van der Waals surface area contributed by atoms with Crippen LogP contribution in [0.3, 0.4) is 0 Å². The molecule has 1 N–H and O–H groups in total. The Morgan fingerprint density at radius 3 is 2.81 bits per heavy atom. The highest BCUT2D eigenvalue weighted by Crippen LogP contribution is 2.08. The van der Waals surface area contributed by atoms with Crippen LogP contribution in [-0.4, -0.2) is 21.7 Å². The number of para-hydroxylation sites is 1. The lowest BCUT2D eigenvalue weighted by molar-refractivity contribution is 0.977. The first-order valence-electron chi connectivity index (χ1n) is 5.13. The van der Waals surface area contributed by atoms with E-state index in [0.29, 0.717) is 5.95 Å². The summed E-state index contributed by atoms with van der Waals surface area (Å²) < 4.78 is 0. The van der Waals surface area contributed by atoms with Crippen molar-refractivity contribution in [3.8, 4) is 11.8 Å². The molecular formula is C12H12N4. The van der Waals surface area contributed by atoms with Crippen molar-refractivity contribution in [3.63, 3.8) is 0 Å². The Kier molecular flexibility index (Phi) is 3.29. The fraction of sp³-hybridized carbons (Fsp3) is 0.250. The molecule has 0 atom stereocenters. The zero-order valence-corrected chi connectivity index (χ0v) is 9.07. The smallest absolute Gasteiger partial charge is 0.243 e. The minimum atomic E-state index is 0.552. The number of benzene rings is 1. The molecule has 0 fully saturated rings. The minimum Gasteiger partial charge on any atom is -0.352 e. The topological polar surface area (TPSA) is 50.7 Å². The Morgan fingerprint density at radius 2 is 2.00 bits per heavy atom. The lowest BCUT2D eigenvalue weighted by Crippen LogP contribution is -2.05. The largest absolute Gasteiger partial charge is 0.352 e. The van der Waals surface area contributed by atoms with Gasteiger partial charge in [-0.2, -0.15) is 0 Å². The molecule has 0 aliphatic rings. The maximum atomic E-state index is 4.34. The molecule has 2 rings (SSSR count). The maximum Gasteiger partial charge on any atom is 0.243 e. The van der Waals surface area contributed by atoms with E-state index in [2.05, 4.69) is 32.3 Å². The van der Waals surface area contributed by atoms with E-state index >= 15 is 0 Å². The average Bonchev–Trinajstić information content (AvgIpc) is 2.34. The summed E-state index contributed by atoms with van der Waals surface area (Å²) >= 11 is 0. The minimum absolute atomic E-state index is 0.552. The molecule has 1 aromatic heterocycles. The Balaban J connectivity index is 2.09. The molecule has 0 aliphatic carbocycles. The molecule has 0 unspecified atom stereocenters. The van der Waals surface area contributed by atoms with E-state index in [-0.39, 0.29) is 0 Å². The summed E-state index contributed by atoms with van der Waals surface area (Å²) in [7, 11) is 0. The van der Waals surface area contributed by atoms with Crippen LogP contribution in [0.25, 0.3) is 11.0 Å². The number of hydrogen-bond acceptors (Lipinski definition) is 4. The molecule has 80 valence electrons. The lowest BCUT2D eigenvalue weighted by Gasteiger charge is -2.01. The Hall–Kier alpha value is -2.15. The molecule has 16 heavy (non-hydrogen) atoms. The van der Waals surface area contributed by atoms with Gasteiger partial charge in [0.25, 0.3) is 0 Å². The summed E-state index contributed by atoms with van der Waals surface area (Å²) in [5, 5.41) is 11.1. The van der Waals surface area contributed by atoms with E-state index in [9.17, 15) is 0 Å². The molecule has 0 spiro atoms. The van der Waals surface area contributed by atoms with E-state index in [4.69, 9.17) is 0 Å². The van der Waals surface area contributed by atoms with Gasteiger partial charge >= 0.3 is 0 Å². The highest BCUT2D eigenvalue weighted by Gasteiger charge is 1.98. The molecule has 0 bridgehead atoms. The van der Waals surface area contributed by atoms with Crippen LogP contribution in [0.4, 0.5) is 5.95 Å². The SMILES string of the molecule is CC#CCCNc1nnc2ccccc2n1. The van der Waals surface area contributed by atoms with Gasteiger partial charge in [0.05, 0.1) is 5.52 Å². The van der Waals surface area contributed by atoms with Crippen LogP contribution in [0.15, 0.2) is 24.3 Å². The standard InChI is InChI=1S/C12H12N4/c1-2-3-6-9-13-12-14-10-7-4-5-8-11(10)15-16-12/h4-5,7-8H,6,9H2,1H3,(H,13,14,16). The molecular weight excluding hydrogens is 200 g/mol. The molecule has 4 heteroatoms. The highest BCUT2D eigenvalue weighted by atomic mass is 15.2. The molecule has 2 aromatic rings. The van der Waals surface area contributed by atoms with E-state index in [0.717, 1.165) is 24.0 Å². The van der Waals surface area contributed by atoms with Crippen LogP contribution in [0.5, 0.6) is 0 Å². The molecule has 0 amide bonds. The van der Waals surface area contributed by atoms with Gasteiger partial charge in [-0.1, -0.05) is 12.1 Å². The van der Waals surface area contributed by atoms with Crippen molar-refractivity contribution in [3.05, 3.63) is 24.3 Å². The van der Waals surface area contributed by atoms with Gasteiger partial charge in [0.15, 0.2) is 0 Å². The third-order valence-electron chi connectivity index (χ3n) is 2.07. The lowest BCUT2D eigenvalue weighted by atomic mass is 10.3. The zero-order chi connectivity index (χ0) is 11.2. The van der Waals surface area contributed by atoms with Gasteiger partial charge in [0, 0.05) is 13.0 Å². The van der Waals surface area contributed by atoms with Crippen LogP contribution in [0.2, 0.25) is 0 Å². The first kappa shape index (κ1) is 10.4. The summed E-state index contributed by atoms with van der Waals surface area (Å²) in [6.07, 6.45) is 0.784. The molecule has 1 heterocycles. The first-order chi connectivity index (χ1) is 7.90. The van der Waals surface area contributed by atoms with Crippen LogP contribution in [-0.2, 0) is 0 Å². The van der Waals surface area contributed by atoms with E-state index in [1.807, 2.05) is 31.2 Å². The van der Waals surface area contributed by atoms with E-state index in [1.165, 1.54) is 0 Å². The predicted octanol–water partition coefficient (Wildman–Crippen LogP) is 1.85. The maximum absolute atomic E-state index is 4.34. The molecule has 0 radical (unpaired) electrons.